The summed E-state index contributed by atoms with van der Waals surface area (Å²) in [4.78, 5) is 0. The summed E-state index contributed by atoms with van der Waals surface area (Å²) < 4.78 is 5.54. The van der Waals surface area contributed by atoms with Crippen molar-refractivity contribution in [1.82, 2.24) is 0 Å². The van der Waals surface area contributed by atoms with Crippen molar-refractivity contribution in [2.75, 3.05) is 18.5 Å². The Morgan fingerprint density at radius 3 is 3.12 bits per heavy atom. The van der Waals surface area contributed by atoms with Gasteiger partial charge in [0.15, 0.2) is 0 Å². The summed E-state index contributed by atoms with van der Waals surface area (Å²) in [7, 11) is 0. The van der Waals surface area contributed by atoms with E-state index in [-0.39, 0.29) is 0 Å². The molecule has 0 saturated carbocycles. The van der Waals surface area contributed by atoms with E-state index in [4.69, 9.17) is 10.00 Å². The van der Waals surface area contributed by atoms with Gasteiger partial charge in [-0.1, -0.05) is 12.1 Å². The van der Waals surface area contributed by atoms with Gasteiger partial charge < -0.3 is 10.1 Å². The first-order chi connectivity index (χ1) is 7.81. The van der Waals surface area contributed by atoms with Gasteiger partial charge in [-0.05, 0) is 31.4 Å². The van der Waals surface area contributed by atoms with Crippen LogP contribution in [-0.4, -0.2) is 19.3 Å². The molecular weight excluding hydrogens is 200 g/mol. The smallest absolute Gasteiger partial charge is 0.101 e. The highest BCUT2D eigenvalue weighted by Gasteiger charge is 2.15. The number of ether oxygens (including phenoxy) is 1. The van der Waals surface area contributed by atoms with Gasteiger partial charge in [-0.25, -0.2) is 0 Å². The van der Waals surface area contributed by atoms with Crippen molar-refractivity contribution in [3.05, 3.63) is 29.3 Å². The molecule has 16 heavy (non-hydrogen) atoms. The Kier molecular flexibility index (Phi) is 3.43. The Morgan fingerprint density at radius 1 is 1.56 bits per heavy atom. The lowest BCUT2D eigenvalue weighted by molar-refractivity contribution is 0.120. The molecule has 1 aliphatic heterocycles. The third-order valence-electron chi connectivity index (χ3n) is 2.92. The number of hydrogen-bond acceptors (Lipinski definition) is 3. The number of aryl methyl sites for hydroxylation is 1. The zero-order chi connectivity index (χ0) is 11.4. The Labute approximate surface area is 96.0 Å². The monoisotopic (exact) mass is 216 g/mol. The van der Waals surface area contributed by atoms with Gasteiger partial charge in [0.05, 0.1) is 17.4 Å². The quantitative estimate of drug-likeness (QED) is 0.844. The molecule has 1 aromatic rings. The summed E-state index contributed by atoms with van der Waals surface area (Å²) in [5.41, 5.74) is 2.76. The van der Waals surface area contributed by atoms with Crippen molar-refractivity contribution < 1.29 is 4.74 Å². The van der Waals surface area contributed by atoms with Crippen LogP contribution in [0.3, 0.4) is 0 Å². The van der Waals surface area contributed by atoms with Gasteiger partial charge in [0.2, 0.25) is 0 Å². The van der Waals surface area contributed by atoms with Crippen LogP contribution in [0, 0.1) is 18.3 Å². The molecule has 0 spiro atoms. The van der Waals surface area contributed by atoms with Gasteiger partial charge in [0.1, 0.15) is 6.07 Å². The molecule has 0 bridgehead atoms. The van der Waals surface area contributed by atoms with E-state index < -0.39 is 0 Å². The second kappa shape index (κ2) is 5.00. The minimum Gasteiger partial charge on any atom is -0.381 e. The molecule has 0 amide bonds. The number of anilines is 1. The second-order valence-electron chi connectivity index (χ2n) is 4.13. The van der Waals surface area contributed by atoms with Crippen LogP contribution in [0.1, 0.15) is 24.0 Å². The van der Waals surface area contributed by atoms with Crippen molar-refractivity contribution in [2.45, 2.75) is 25.9 Å². The molecule has 2 rings (SSSR count). The Morgan fingerprint density at radius 2 is 2.44 bits per heavy atom. The molecule has 1 N–H and O–H groups in total. The molecule has 1 aliphatic rings. The maximum Gasteiger partial charge on any atom is 0.101 e. The van der Waals surface area contributed by atoms with E-state index in [0.717, 1.165) is 37.2 Å². The van der Waals surface area contributed by atoms with Crippen molar-refractivity contribution in [1.29, 1.82) is 5.26 Å². The van der Waals surface area contributed by atoms with Crippen molar-refractivity contribution in [2.24, 2.45) is 0 Å². The summed E-state index contributed by atoms with van der Waals surface area (Å²) in [6.45, 7) is 3.67. The lowest BCUT2D eigenvalue weighted by Gasteiger charge is -2.14. The number of benzene rings is 1. The molecule has 1 heterocycles. The molecule has 0 aromatic heterocycles. The van der Waals surface area contributed by atoms with Crippen LogP contribution in [0.25, 0.3) is 0 Å². The van der Waals surface area contributed by atoms with E-state index >= 15 is 0 Å². The fourth-order valence-corrected chi connectivity index (χ4v) is 2.02. The first-order valence-corrected chi connectivity index (χ1v) is 5.66. The molecule has 0 aliphatic carbocycles. The average Bonchev–Trinajstić information content (AvgIpc) is 2.80. The Hall–Kier alpha value is -1.53. The first kappa shape index (κ1) is 11.0. The molecule has 3 heteroatoms. The maximum absolute atomic E-state index is 9.01. The SMILES string of the molecule is Cc1cccc(C#N)c1NCC1CCCO1. The predicted octanol–water partition coefficient (Wildman–Crippen LogP) is 2.46. The van der Waals surface area contributed by atoms with Crippen LogP contribution in [0.2, 0.25) is 0 Å². The normalized spacial score (nSPS) is 19.4. The van der Waals surface area contributed by atoms with Gasteiger partial charge in [-0.2, -0.15) is 5.26 Å². The zero-order valence-corrected chi connectivity index (χ0v) is 9.49. The minimum absolute atomic E-state index is 0.297. The lowest BCUT2D eigenvalue weighted by Crippen LogP contribution is -2.19. The highest BCUT2D eigenvalue weighted by atomic mass is 16.5. The highest BCUT2D eigenvalue weighted by Crippen LogP contribution is 2.21. The molecule has 1 fully saturated rings. The van der Waals surface area contributed by atoms with Crippen LogP contribution in [0.5, 0.6) is 0 Å². The first-order valence-electron chi connectivity index (χ1n) is 5.66. The Balaban J connectivity index is 2.05. The number of para-hydroxylation sites is 1. The van der Waals surface area contributed by atoms with Gasteiger partial charge in [0.25, 0.3) is 0 Å². The maximum atomic E-state index is 9.01. The van der Waals surface area contributed by atoms with E-state index in [1.807, 2.05) is 25.1 Å². The van der Waals surface area contributed by atoms with Crippen LogP contribution in [0.4, 0.5) is 5.69 Å². The molecule has 3 nitrogen and oxygen atoms in total. The highest BCUT2D eigenvalue weighted by molar-refractivity contribution is 5.62. The summed E-state index contributed by atoms with van der Waals surface area (Å²) in [6, 6.07) is 7.97. The number of nitrogens with zero attached hydrogens (tertiary/aromatic N) is 1. The van der Waals surface area contributed by atoms with Crippen molar-refractivity contribution in [3.63, 3.8) is 0 Å². The van der Waals surface area contributed by atoms with Crippen molar-refractivity contribution in [3.8, 4) is 6.07 Å². The largest absolute Gasteiger partial charge is 0.381 e. The van der Waals surface area contributed by atoms with Gasteiger partial charge in [-0.15, -0.1) is 0 Å². The van der Waals surface area contributed by atoms with Crippen LogP contribution >= 0.6 is 0 Å². The van der Waals surface area contributed by atoms with Gasteiger partial charge >= 0.3 is 0 Å². The fourth-order valence-electron chi connectivity index (χ4n) is 2.02. The molecule has 1 unspecified atom stereocenters. The third-order valence-corrected chi connectivity index (χ3v) is 2.92. The van der Waals surface area contributed by atoms with E-state index in [1.165, 1.54) is 0 Å². The zero-order valence-electron chi connectivity index (χ0n) is 9.49. The fraction of sp³-hybridized carbons (Fsp3) is 0.462. The third kappa shape index (κ3) is 2.34. The van der Waals surface area contributed by atoms with E-state index in [2.05, 4.69) is 11.4 Å². The molecule has 1 atom stereocenters. The molecule has 84 valence electrons. The van der Waals surface area contributed by atoms with Gasteiger partial charge in [-0.3, -0.25) is 0 Å². The number of hydrogen-bond donors (Lipinski definition) is 1. The van der Waals surface area contributed by atoms with Crippen LogP contribution < -0.4 is 5.32 Å². The average molecular weight is 216 g/mol. The predicted molar refractivity (Wildman–Crippen MR) is 63.4 cm³/mol. The molecule has 1 saturated heterocycles. The Bertz CT molecular complexity index is 403. The van der Waals surface area contributed by atoms with Crippen LogP contribution in [-0.2, 0) is 4.74 Å². The van der Waals surface area contributed by atoms with E-state index in [1.54, 1.807) is 0 Å². The summed E-state index contributed by atoms with van der Waals surface area (Å²) in [5.74, 6) is 0. The summed E-state index contributed by atoms with van der Waals surface area (Å²) in [5, 5.41) is 12.3. The van der Waals surface area contributed by atoms with E-state index in [0.29, 0.717) is 11.7 Å². The summed E-state index contributed by atoms with van der Waals surface area (Å²) in [6.07, 6.45) is 2.55. The van der Waals surface area contributed by atoms with Crippen LogP contribution in [0.15, 0.2) is 18.2 Å². The standard InChI is InChI=1S/C13H16N2O/c1-10-4-2-5-11(8-14)13(10)15-9-12-6-3-7-16-12/h2,4-5,12,15H,3,6-7,9H2,1H3. The molecule has 0 radical (unpaired) electrons. The molecular formula is C13H16N2O. The number of rotatable bonds is 3. The lowest BCUT2D eigenvalue weighted by atomic mass is 10.1. The topological polar surface area (TPSA) is 45.0 Å². The molecule has 1 aromatic carbocycles. The van der Waals surface area contributed by atoms with Gasteiger partial charge in [0, 0.05) is 13.2 Å². The second-order valence-corrected chi connectivity index (χ2v) is 4.13. The summed E-state index contributed by atoms with van der Waals surface area (Å²) >= 11 is 0. The number of nitriles is 1. The van der Waals surface area contributed by atoms with Crippen molar-refractivity contribution >= 4 is 5.69 Å². The van der Waals surface area contributed by atoms with E-state index in [9.17, 15) is 0 Å². The number of nitrogens with one attached hydrogen (secondary N) is 1. The minimum atomic E-state index is 0.297.